The number of fused-ring (bicyclic) bond motifs is 1. The predicted octanol–water partition coefficient (Wildman–Crippen LogP) is 2.36. The van der Waals surface area contributed by atoms with Crippen LogP contribution in [0.3, 0.4) is 0 Å². The van der Waals surface area contributed by atoms with Gasteiger partial charge in [-0.1, -0.05) is 11.3 Å². The topological polar surface area (TPSA) is 65.4 Å². The van der Waals surface area contributed by atoms with Crippen molar-refractivity contribution in [2.24, 2.45) is 0 Å². The van der Waals surface area contributed by atoms with Gasteiger partial charge in [0.2, 0.25) is 4.96 Å². The molecule has 0 saturated carbocycles. The summed E-state index contributed by atoms with van der Waals surface area (Å²) in [5.41, 5.74) is 7.75. The number of benzene rings is 1. The van der Waals surface area contributed by atoms with E-state index in [0.717, 1.165) is 26.8 Å². The molecule has 3 aromatic rings. The number of aryl methyl sites for hydroxylation is 1. The van der Waals surface area contributed by atoms with Gasteiger partial charge in [-0.3, -0.25) is 0 Å². The number of ether oxygens (including phenoxy) is 1. The van der Waals surface area contributed by atoms with Crippen molar-refractivity contribution in [2.75, 3.05) is 12.8 Å². The molecule has 92 valence electrons. The lowest BCUT2D eigenvalue weighted by molar-refractivity contribution is 0.412. The summed E-state index contributed by atoms with van der Waals surface area (Å²) in [6.45, 7) is 2.01. The Morgan fingerprint density at radius 3 is 2.89 bits per heavy atom. The number of nitrogens with zero attached hydrogens (tertiary/aromatic N) is 3. The highest BCUT2D eigenvalue weighted by molar-refractivity contribution is 7.19. The lowest BCUT2D eigenvalue weighted by Crippen LogP contribution is -1.88. The normalized spacial score (nSPS) is 11.0. The zero-order valence-corrected chi connectivity index (χ0v) is 10.9. The van der Waals surface area contributed by atoms with Crippen LogP contribution in [0.5, 0.6) is 5.75 Å². The molecule has 0 saturated heterocycles. The maximum absolute atomic E-state index is 5.60. The minimum atomic E-state index is 0.492. The van der Waals surface area contributed by atoms with Crippen molar-refractivity contribution < 1.29 is 4.74 Å². The van der Waals surface area contributed by atoms with E-state index in [1.807, 2.05) is 19.1 Å². The minimum absolute atomic E-state index is 0.492. The summed E-state index contributed by atoms with van der Waals surface area (Å²) in [5.74, 6) is 1.37. The number of nitrogen functional groups attached to an aromatic ring is 1. The minimum Gasteiger partial charge on any atom is -0.496 e. The molecule has 0 unspecified atom stereocenters. The Bertz CT molecular complexity index is 685. The van der Waals surface area contributed by atoms with E-state index in [0.29, 0.717) is 5.82 Å². The number of rotatable bonds is 2. The predicted molar refractivity (Wildman–Crippen MR) is 72.0 cm³/mol. The van der Waals surface area contributed by atoms with Crippen molar-refractivity contribution in [1.29, 1.82) is 0 Å². The molecule has 5 nitrogen and oxygen atoms in total. The van der Waals surface area contributed by atoms with Crippen LogP contribution in [0.4, 0.5) is 5.82 Å². The van der Waals surface area contributed by atoms with Gasteiger partial charge in [-0.05, 0) is 30.7 Å². The van der Waals surface area contributed by atoms with Gasteiger partial charge in [0.1, 0.15) is 16.6 Å². The standard InChI is InChI=1S/C12H12N4OS/c1-7-5-8(3-4-9(7)17-2)11-15-16-6-10(13)14-12(16)18-11/h3-6H,13H2,1-2H3. The van der Waals surface area contributed by atoms with Crippen molar-refractivity contribution in [3.63, 3.8) is 0 Å². The van der Waals surface area contributed by atoms with Crippen LogP contribution in [-0.2, 0) is 0 Å². The quantitative estimate of drug-likeness (QED) is 0.768. The molecule has 0 aliphatic carbocycles. The van der Waals surface area contributed by atoms with Crippen LogP contribution >= 0.6 is 11.3 Å². The maximum atomic E-state index is 5.60. The van der Waals surface area contributed by atoms with Crippen molar-refractivity contribution in [2.45, 2.75) is 6.92 Å². The second kappa shape index (κ2) is 3.99. The largest absolute Gasteiger partial charge is 0.496 e. The summed E-state index contributed by atoms with van der Waals surface area (Å²) in [6, 6.07) is 6.00. The van der Waals surface area contributed by atoms with Gasteiger partial charge in [-0.25, -0.2) is 9.50 Å². The maximum Gasteiger partial charge on any atom is 0.214 e. The molecule has 6 heteroatoms. The third kappa shape index (κ3) is 1.70. The monoisotopic (exact) mass is 260 g/mol. The fourth-order valence-electron chi connectivity index (χ4n) is 1.85. The van der Waals surface area contributed by atoms with E-state index in [9.17, 15) is 0 Å². The van der Waals surface area contributed by atoms with Crippen LogP contribution in [0.2, 0.25) is 0 Å². The summed E-state index contributed by atoms with van der Waals surface area (Å²) in [5, 5.41) is 5.37. The van der Waals surface area contributed by atoms with E-state index >= 15 is 0 Å². The SMILES string of the molecule is COc1ccc(-c2nn3cc(N)nc3s2)cc1C. The summed E-state index contributed by atoms with van der Waals surface area (Å²) < 4.78 is 6.95. The third-order valence-corrected chi connectivity index (χ3v) is 3.68. The van der Waals surface area contributed by atoms with E-state index in [1.54, 1.807) is 17.8 Å². The number of nitrogens with two attached hydrogens (primary N) is 1. The molecule has 0 spiro atoms. The van der Waals surface area contributed by atoms with Gasteiger partial charge < -0.3 is 10.5 Å². The van der Waals surface area contributed by atoms with E-state index < -0.39 is 0 Å². The molecular formula is C12H12N4OS. The Labute approximate surface area is 108 Å². The molecule has 0 bridgehead atoms. The number of imidazole rings is 1. The lowest BCUT2D eigenvalue weighted by Gasteiger charge is -2.04. The summed E-state index contributed by atoms with van der Waals surface area (Å²) in [4.78, 5) is 4.99. The first-order valence-corrected chi connectivity index (χ1v) is 6.26. The van der Waals surface area contributed by atoms with Crippen LogP contribution in [0, 0.1) is 6.92 Å². The molecule has 0 aliphatic heterocycles. The van der Waals surface area contributed by atoms with Gasteiger partial charge in [-0.15, -0.1) is 0 Å². The Morgan fingerprint density at radius 2 is 2.22 bits per heavy atom. The summed E-state index contributed by atoms with van der Waals surface area (Å²) in [7, 11) is 1.67. The van der Waals surface area contributed by atoms with Gasteiger partial charge >= 0.3 is 0 Å². The Morgan fingerprint density at radius 1 is 1.39 bits per heavy atom. The van der Waals surface area contributed by atoms with Gasteiger partial charge in [0.25, 0.3) is 0 Å². The van der Waals surface area contributed by atoms with E-state index in [2.05, 4.69) is 16.1 Å². The number of anilines is 1. The van der Waals surface area contributed by atoms with Crippen molar-refractivity contribution in [3.8, 4) is 16.3 Å². The van der Waals surface area contributed by atoms with Crippen LogP contribution in [-0.4, -0.2) is 21.7 Å². The molecule has 0 fully saturated rings. The van der Waals surface area contributed by atoms with Crippen molar-refractivity contribution in [3.05, 3.63) is 30.0 Å². The van der Waals surface area contributed by atoms with Gasteiger partial charge in [-0.2, -0.15) is 5.10 Å². The Balaban J connectivity index is 2.08. The molecule has 0 radical (unpaired) electrons. The number of methoxy groups -OCH3 is 1. The molecule has 0 aliphatic rings. The van der Waals surface area contributed by atoms with E-state index in [4.69, 9.17) is 10.5 Å². The molecule has 3 rings (SSSR count). The zero-order chi connectivity index (χ0) is 12.7. The third-order valence-electron chi connectivity index (χ3n) is 2.70. The summed E-state index contributed by atoms with van der Waals surface area (Å²) >= 11 is 1.51. The van der Waals surface area contributed by atoms with Gasteiger partial charge in [0.15, 0.2) is 0 Å². The number of hydrogen-bond donors (Lipinski definition) is 1. The highest BCUT2D eigenvalue weighted by atomic mass is 32.1. The lowest BCUT2D eigenvalue weighted by atomic mass is 10.1. The van der Waals surface area contributed by atoms with Crippen LogP contribution in [0.1, 0.15) is 5.56 Å². The van der Waals surface area contributed by atoms with Gasteiger partial charge in [0.05, 0.1) is 13.3 Å². The highest BCUT2D eigenvalue weighted by Crippen LogP contribution is 2.29. The van der Waals surface area contributed by atoms with E-state index in [1.165, 1.54) is 11.3 Å². The average molecular weight is 260 g/mol. The number of aromatic nitrogens is 3. The molecule has 2 heterocycles. The molecule has 0 amide bonds. The second-order valence-electron chi connectivity index (χ2n) is 3.98. The van der Waals surface area contributed by atoms with Crippen LogP contribution < -0.4 is 10.5 Å². The summed E-state index contributed by atoms with van der Waals surface area (Å²) in [6.07, 6.45) is 1.71. The Hall–Kier alpha value is -2.08. The average Bonchev–Trinajstić information content (AvgIpc) is 2.85. The van der Waals surface area contributed by atoms with E-state index in [-0.39, 0.29) is 0 Å². The Kier molecular flexibility index (Phi) is 2.45. The number of hydrogen-bond acceptors (Lipinski definition) is 5. The zero-order valence-electron chi connectivity index (χ0n) is 10.0. The molecule has 1 aromatic carbocycles. The van der Waals surface area contributed by atoms with Gasteiger partial charge in [0, 0.05) is 5.56 Å². The first kappa shape index (κ1) is 11.0. The molecule has 0 atom stereocenters. The molecule has 18 heavy (non-hydrogen) atoms. The fraction of sp³-hybridized carbons (Fsp3) is 0.167. The molecule has 2 aromatic heterocycles. The van der Waals surface area contributed by atoms with Crippen LogP contribution in [0.25, 0.3) is 15.5 Å². The first-order chi connectivity index (χ1) is 8.67. The first-order valence-electron chi connectivity index (χ1n) is 5.44. The van der Waals surface area contributed by atoms with Crippen molar-refractivity contribution in [1.82, 2.24) is 14.6 Å². The van der Waals surface area contributed by atoms with Crippen LogP contribution in [0.15, 0.2) is 24.4 Å². The van der Waals surface area contributed by atoms with Crippen molar-refractivity contribution >= 4 is 22.1 Å². The highest BCUT2D eigenvalue weighted by Gasteiger charge is 2.10. The molecular weight excluding hydrogens is 248 g/mol. The smallest absolute Gasteiger partial charge is 0.214 e. The second-order valence-corrected chi connectivity index (χ2v) is 4.94. The molecule has 2 N–H and O–H groups in total. The fourth-order valence-corrected chi connectivity index (χ4v) is 2.73.